The maximum absolute atomic E-state index is 12.6. The van der Waals surface area contributed by atoms with E-state index in [0.717, 1.165) is 71.8 Å². The highest BCUT2D eigenvalue weighted by atomic mass is 16.5. The first-order valence-corrected chi connectivity index (χ1v) is 17.5. The molecule has 0 saturated carbocycles. The zero-order valence-electron chi connectivity index (χ0n) is 27.5. The van der Waals surface area contributed by atoms with Crippen molar-refractivity contribution in [2.24, 2.45) is 5.73 Å². The van der Waals surface area contributed by atoms with Crippen molar-refractivity contribution in [3.8, 4) is 23.3 Å². The molecule has 2 aromatic heterocycles. The van der Waals surface area contributed by atoms with Crippen molar-refractivity contribution in [1.29, 1.82) is 0 Å². The van der Waals surface area contributed by atoms with Crippen LogP contribution in [0.2, 0.25) is 0 Å². The SMILES string of the molecule is CCCCCC(O)CC(=O)CCc1ccc(O)c(OC2CC#CC(O)c3ccc4c5c3C(CCC5CNC4N)c3c[nH]c4cn2cc34)c1. The number of aromatic hydroxyl groups is 1. The van der Waals surface area contributed by atoms with Crippen LogP contribution >= 0.6 is 0 Å². The number of nitrogens with two attached hydrogens (primary N) is 1. The van der Waals surface area contributed by atoms with Crippen LogP contribution in [0.3, 0.4) is 0 Å². The summed E-state index contributed by atoms with van der Waals surface area (Å²) in [5.74, 6) is 7.04. The first-order valence-electron chi connectivity index (χ1n) is 17.5. The maximum Gasteiger partial charge on any atom is 0.186 e. The number of aliphatic hydroxyl groups is 2. The molecular formula is C39H46N4O5. The highest BCUT2D eigenvalue weighted by Crippen LogP contribution is 2.50. The van der Waals surface area contributed by atoms with E-state index in [1.54, 1.807) is 18.2 Å². The zero-order valence-corrected chi connectivity index (χ0v) is 27.5. The lowest BCUT2D eigenvalue weighted by Crippen LogP contribution is -2.40. The fourth-order valence-corrected chi connectivity index (χ4v) is 7.95. The predicted octanol–water partition coefficient (Wildman–Crippen LogP) is 6.10. The van der Waals surface area contributed by atoms with E-state index < -0.39 is 18.4 Å². The zero-order chi connectivity index (χ0) is 33.4. The van der Waals surface area contributed by atoms with Crippen molar-refractivity contribution in [2.75, 3.05) is 6.54 Å². The van der Waals surface area contributed by atoms with Crippen LogP contribution in [0.15, 0.2) is 48.9 Å². The summed E-state index contributed by atoms with van der Waals surface area (Å²) in [7, 11) is 0. The Morgan fingerprint density at radius 2 is 1.98 bits per heavy atom. The van der Waals surface area contributed by atoms with E-state index in [-0.39, 0.29) is 36.5 Å². The molecule has 0 fully saturated rings. The Morgan fingerprint density at radius 3 is 2.83 bits per heavy atom. The van der Waals surface area contributed by atoms with Gasteiger partial charge in [0.15, 0.2) is 17.7 Å². The number of aromatic amines is 1. The van der Waals surface area contributed by atoms with Gasteiger partial charge in [-0.05, 0) is 77.1 Å². The molecular weight excluding hydrogens is 604 g/mol. The normalized spacial score (nSPS) is 23.5. The minimum atomic E-state index is -0.971. The third kappa shape index (κ3) is 6.38. The smallest absolute Gasteiger partial charge is 0.186 e. The Balaban J connectivity index is 1.16. The number of hydrogen-bond acceptors (Lipinski definition) is 7. The number of phenolic OH excluding ortho intramolecular Hbond substituents is 1. The number of H-pyrrole nitrogens is 1. The van der Waals surface area contributed by atoms with E-state index in [0.29, 0.717) is 30.9 Å². The first-order chi connectivity index (χ1) is 23.3. The molecule has 9 heteroatoms. The number of unbranched alkanes of at least 4 members (excludes halogenated alkanes) is 2. The van der Waals surface area contributed by atoms with E-state index in [4.69, 9.17) is 10.5 Å². The van der Waals surface area contributed by atoms with Crippen LogP contribution in [0.1, 0.15) is 128 Å². The van der Waals surface area contributed by atoms with Gasteiger partial charge < -0.3 is 35.3 Å². The summed E-state index contributed by atoms with van der Waals surface area (Å²) in [5.41, 5.74) is 13.9. The summed E-state index contributed by atoms with van der Waals surface area (Å²) in [6.07, 6.45) is 10.7. The Kier molecular flexibility index (Phi) is 9.34. The average molecular weight is 651 g/mol. The molecule has 4 aromatic rings. The number of rotatable bonds is 11. The third-order valence-corrected chi connectivity index (χ3v) is 10.5. The molecule has 2 aromatic carbocycles. The van der Waals surface area contributed by atoms with Crippen molar-refractivity contribution in [3.63, 3.8) is 0 Å². The summed E-state index contributed by atoms with van der Waals surface area (Å²) in [6, 6.07) is 9.20. The van der Waals surface area contributed by atoms with Crippen LogP contribution in [0.4, 0.5) is 0 Å². The number of carbonyl (C=O) groups is 1. The molecule has 7 N–H and O–H groups in total. The number of carbonyl (C=O) groups excluding carboxylic acids is 1. The van der Waals surface area contributed by atoms with Gasteiger partial charge in [0.1, 0.15) is 11.9 Å². The van der Waals surface area contributed by atoms with Crippen molar-refractivity contribution < 1.29 is 24.9 Å². The minimum Gasteiger partial charge on any atom is -0.504 e. The highest BCUT2D eigenvalue weighted by Gasteiger charge is 2.38. The van der Waals surface area contributed by atoms with Gasteiger partial charge in [0.05, 0.1) is 24.2 Å². The largest absolute Gasteiger partial charge is 0.504 e. The van der Waals surface area contributed by atoms with Gasteiger partial charge in [-0.25, -0.2) is 0 Å². The lowest BCUT2D eigenvalue weighted by molar-refractivity contribution is -0.121. The maximum atomic E-state index is 12.6. The molecule has 2 aliphatic heterocycles. The molecule has 252 valence electrons. The molecule has 48 heavy (non-hydrogen) atoms. The fraction of sp³-hybridized carbons (Fsp3) is 0.462. The number of fused-ring (bicyclic) bond motifs is 2. The van der Waals surface area contributed by atoms with Crippen molar-refractivity contribution >= 4 is 16.7 Å². The predicted molar refractivity (Wildman–Crippen MR) is 185 cm³/mol. The number of Topliss-reactive ketones (excluding diaryl/α,β-unsaturated/α-hetero) is 1. The number of phenols is 1. The second kappa shape index (κ2) is 13.8. The molecule has 0 saturated heterocycles. The van der Waals surface area contributed by atoms with Crippen molar-refractivity contribution in [3.05, 3.63) is 82.3 Å². The van der Waals surface area contributed by atoms with Crippen LogP contribution in [0, 0.1) is 11.8 Å². The van der Waals surface area contributed by atoms with Crippen LogP contribution in [0.25, 0.3) is 10.9 Å². The van der Waals surface area contributed by atoms with E-state index in [1.807, 2.05) is 22.9 Å². The van der Waals surface area contributed by atoms with Gasteiger partial charge in [-0.15, -0.1) is 0 Å². The molecule has 3 aliphatic rings. The van der Waals surface area contributed by atoms with E-state index >= 15 is 0 Å². The standard InChI is InChI=1S/C39H46N4O5/c1-2-3-4-6-25(44)18-26(45)12-9-23-10-16-34(47)35(17-23)48-36-8-5-7-33(46)28-14-15-29-37-24(19-42-39(29)40)11-13-27(38(28)37)30-20-41-32-22-43(36)21-31(30)32/h10,14-17,20-22,24-25,27,33,36,39,41-42,44,46-47H,2-4,6,8-9,11-13,18-19,40H2,1H3. The number of aromatic nitrogens is 2. The van der Waals surface area contributed by atoms with Gasteiger partial charge >= 0.3 is 0 Å². The second-order valence-corrected chi connectivity index (χ2v) is 13.8. The molecule has 0 spiro atoms. The Morgan fingerprint density at radius 1 is 1.12 bits per heavy atom. The van der Waals surface area contributed by atoms with Crippen LogP contribution < -0.4 is 15.8 Å². The number of hydrogen-bond donors (Lipinski definition) is 6. The molecule has 6 unspecified atom stereocenters. The minimum absolute atomic E-state index is 0.00269. The van der Waals surface area contributed by atoms with Gasteiger partial charge in [0.25, 0.3) is 0 Å². The number of ether oxygens (including phenoxy) is 1. The summed E-state index contributed by atoms with van der Waals surface area (Å²) >= 11 is 0. The lowest BCUT2D eigenvalue weighted by Gasteiger charge is -2.40. The highest BCUT2D eigenvalue weighted by molar-refractivity contribution is 5.84. The summed E-state index contributed by atoms with van der Waals surface area (Å²) in [4.78, 5) is 16.1. The van der Waals surface area contributed by atoms with Gasteiger partial charge in [0.2, 0.25) is 0 Å². The van der Waals surface area contributed by atoms with Crippen LogP contribution in [-0.2, 0) is 11.2 Å². The van der Waals surface area contributed by atoms with E-state index in [2.05, 4.69) is 41.5 Å². The lowest BCUT2D eigenvalue weighted by atomic mass is 9.68. The molecule has 1 aliphatic carbocycles. The first kappa shape index (κ1) is 32.5. The van der Waals surface area contributed by atoms with Gasteiger partial charge in [-0.3, -0.25) is 10.1 Å². The molecule has 2 bridgehead atoms. The van der Waals surface area contributed by atoms with Gasteiger partial charge in [-0.2, -0.15) is 0 Å². The topological polar surface area (TPSA) is 146 Å². The third-order valence-electron chi connectivity index (χ3n) is 10.5. The summed E-state index contributed by atoms with van der Waals surface area (Å²) < 4.78 is 8.44. The molecule has 0 radical (unpaired) electrons. The number of nitrogens with one attached hydrogen (secondary N) is 2. The molecule has 9 nitrogen and oxygen atoms in total. The Bertz CT molecular complexity index is 1860. The number of nitrogens with zero attached hydrogens (tertiary/aromatic N) is 1. The fourth-order valence-electron chi connectivity index (χ4n) is 7.95. The number of ketones is 1. The van der Waals surface area contributed by atoms with Crippen LogP contribution in [-0.4, -0.2) is 43.3 Å². The van der Waals surface area contributed by atoms with E-state index in [1.165, 1.54) is 11.1 Å². The molecule has 7 rings (SSSR count). The van der Waals surface area contributed by atoms with Gasteiger partial charge in [0, 0.05) is 49.3 Å². The summed E-state index contributed by atoms with van der Waals surface area (Å²) in [5, 5.41) is 37.1. The number of aryl methyl sites for hydroxylation is 1. The number of benzene rings is 2. The van der Waals surface area contributed by atoms with E-state index in [9.17, 15) is 20.1 Å². The monoisotopic (exact) mass is 650 g/mol. The summed E-state index contributed by atoms with van der Waals surface area (Å²) in [6.45, 7) is 2.94. The Labute approximate surface area is 281 Å². The van der Waals surface area contributed by atoms with Crippen LogP contribution in [0.5, 0.6) is 11.5 Å². The number of aliphatic hydroxyl groups excluding tert-OH is 2. The quantitative estimate of drug-likeness (QED) is 0.0850. The molecule has 6 atom stereocenters. The van der Waals surface area contributed by atoms with Crippen molar-refractivity contribution in [1.82, 2.24) is 14.9 Å². The van der Waals surface area contributed by atoms with Gasteiger partial charge in [-0.1, -0.05) is 56.2 Å². The van der Waals surface area contributed by atoms with Crippen molar-refractivity contribution in [2.45, 2.75) is 108 Å². The second-order valence-electron chi connectivity index (χ2n) is 13.8. The molecule has 0 amide bonds. The molecule has 4 heterocycles. The average Bonchev–Trinajstić information content (AvgIpc) is 3.67. The Hall–Kier alpha value is -4.07.